The molecule has 80 valence electrons. The molecule has 0 aromatic rings. The Morgan fingerprint density at radius 1 is 1.50 bits per heavy atom. The maximum atomic E-state index is 11.8. The standard InChI is InChI=1S/C11H18O3/c1-2-6-11(8-10(13)14)7-4-3-5-9(11)12/h2-8H2,1H3,(H,13,14). The first kappa shape index (κ1) is 11.2. The van der Waals surface area contributed by atoms with E-state index in [9.17, 15) is 9.59 Å². The molecule has 3 nitrogen and oxygen atoms in total. The molecule has 1 unspecified atom stereocenters. The number of carbonyl (C=O) groups excluding carboxylic acids is 1. The molecular weight excluding hydrogens is 180 g/mol. The van der Waals surface area contributed by atoms with Gasteiger partial charge in [-0.2, -0.15) is 0 Å². The van der Waals surface area contributed by atoms with Gasteiger partial charge in [0.1, 0.15) is 5.78 Å². The number of carboxylic acid groups (broad SMARTS) is 1. The van der Waals surface area contributed by atoms with Crippen molar-refractivity contribution in [3.63, 3.8) is 0 Å². The molecule has 1 saturated carbocycles. The number of ketones is 1. The van der Waals surface area contributed by atoms with Gasteiger partial charge in [0.2, 0.25) is 0 Å². The van der Waals surface area contributed by atoms with Gasteiger partial charge in [0.05, 0.1) is 6.42 Å². The second kappa shape index (κ2) is 4.58. The molecule has 0 heterocycles. The van der Waals surface area contributed by atoms with Crippen LogP contribution in [0.4, 0.5) is 0 Å². The first-order valence-electron chi connectivity index (χ1n) is 5.36. The molecule has 1 aliphatic carbocycles. The lowest BCUT2D eigenvalue weighted by Gasteiger charge is -2.34. The Kier molecular flexibility index (Phi) is 3.67. The molecule has 1 rings (SSSR count). The Morgan fingerprint density at radius 2 is 2.21 bits per heavy atom. The van der Waals surface area contributed by atoms with Crippen LogP contribution in [-0.2, 0) is 9.59 Å². The highest BCUT2D eigenvalue weighted by Gasteiger charge is 2.40. The average molecular weight is 198 g/mol. The van der Waals surface area contributed by atoms with Gasteiger partial charge in [-0.25, -0.2) is 0 Å². The van der Waals surface area contributed by atoms with E-state index in [1.807, 2.05) is 6.92 Å². The topological polar surface area (TPSA) is 54.4 Å². The summed E-state index contributed by atoms with van der Waals surface area (Å²) < 4.78 is 0. The van der Waals surface area contributed by atoms with E-state index in [0.29, 0.717) is 6.42 Å². The highest BCUT2D eigenvalue weighted by atomic mass is 16.4. The summed E-state index contributed by atoms with van der Waals surface area (Å²) in [6, 6.07) is 0. The number of carboxylic acids is 1. The molecule has 0 bridgehead atoms. The smallest absolute Gasteiger partial charge is 0.304 e. The average Bonchev–Trinajstić information content (AvgIpc) is 2.09. The van der Waals surface area contributed by atoms with Crippen LogP contribution in [-0.4, -0.2) is 16.9 Å². The first-order chi connectivity index (χ1) is 6.60. The van der Waals surface area contributed by atoms with Crippen molar-refractivity contribution in [1.29, 1.82) is 0 Å². The van der Waals surface area contributed by atoms with E-state index in [0.717, 1.165) is 32.1 Å². The summed E-state index contributed by atoms with van der Waals surface area (Å²) in [5.41, 5.74) is -0.529. The van der Waals surface area contributed by atoms with E-state index in [4.69, 9.17) is 5.11 Å². The van der Waals surface area contributed by atoms with Crippen molar-refractivity contribution in [2.24, 2.45) is 5.41 Å². The van der Waals surface area contributed by atoms with Crippen LogP contribution < -0.4 is 0 Å². The van der Waals surface area contributed by atoms with Crippen LogP contribution in [0.25, 0.3) is 0 Å². The zero-order chi connectivity index (χ0) is 10.6. The van der Waals surface area contributed by atoms with Crippen molar-refractivity contribution < 1.29 is 14.7 Å². The van der Waals surface area contributed by atoms with E-state index in [-0.39, 0.29) is 12.2 Å². The zero-order valence-corrected chi connectivity index (χ0v) is 8.71. The minimum Gasteiger partial charge on any atom is -0.481 e. The molecule has 0 aromatic carbocycles. The molecular formula is C11H18O3. The summed E-state index contributed by atoms with van der Waals surface area (Å²) in [6.07, 6.45) is 4.93. The second-order valence-electron chi connectivity index (χ2n) is 4.23. The molecule has 1 atom stereocenters. The summed E-state index contributed by atoms with van der Waals surface area (Å²) >= 11 is 0. The number of aliphatic carboxylic acids is 1. The van der Waals surface area contributed by atoms with E-state index in [2.05, 4.69) is 0 Å². The summed E-state index contributed by atoms with van der Waals surface area (Å²) in [7, 11) is 0. The minimum absolute atomic E-state index is 0.0275. The monoisotopic (exact) mass is 198 g/mol. The van der Waals surface area contributed by atoms with Gasteiger partial charge in [-0.1, -0.05) is 19.8 Å². The van der Waals surface area contributed by atoms with Gasteiger partial charge in [-0.05, 0) is 19.3 Å². The fourth-order valence-corrected chi connectivity index (χ4v) is 2.46. The van der Waals surface area contributed by atoms with Crippen LogP contribution >= 0.6 is 0 Å². The quantitative estimate of drug-likeness (QED) is 0.754. The van der Waals surface area contributed by atoms with E-state index in [1.165, 1.54) is 0 Å². The van der Waals surface area contributed by atoms with Gasteiger partial charge in [0.15, 0.2) is 0 Å². The van der Waals surface area contributed by atoms with Crippen LogP contribution in [0.1, 0.15) is 51.9 Å². The Balaban J connectivity index is 2.77. The fraction of sp³-hybridized carbons (Fsp3) is 0.818. The van der Waals surface area contributed by atoms with Crippen molar-refractivity contribution in [3.8, 4) is 0 Å². The predicted octanol–water partition coefficient (Wildman–Crippen LogP) is 2.39. The highest BCUT2D eigenvalue weighted by Crippen LogP contribution is 2.40. The van der Waals surface area contributed by atoms with Crippen LogP contribution in [0.5, 0.6) is 0 Å². The molecule has 0 saturated heterocycles. The van der Waals surface area contributed by atoms with Crippen molar-refractivity contribution in [2.45, 2.75) is 51.9 Å². The van der Waals surface area contributed by atoms with Crippen LogP contribution in [0.3, 0.4) is 0 Å². The third-order valence-corrected chi connectivity index (χ3v) is 3.12. The van der Waals surface area contributed by atoms with E-state index in [1.54, 1.807) is 0 Å². The molecule has 3 heteroatoms. The SMILES string of the molecule is CCCC1(CC(=O)O)CCCCC1=O. The summed E-state index contributed by atoms with van der Waals surface area (Å²) in [5, 5.41) is 8.82. The predicted molar refractivity (Wildman–Crippen MR) is 53.1 cm³/mol. The number of Topliss-reactive ketones (excluding diaryl/α,β-unsaturated/α-hetero) is 1. The zero-order valence-electron chi connectivity index (χ0n) is 8.71. The molecule has 1 aliphatic rings. The lowest BCUT2D eigenvalue weighted by Crippen LogP contribution is -2.36. The lowest BCUT2D eigenvalue weighted by atomic mass is 9.68. The van der Waals surface area contributed by atoms with E-state index >= 15 is 0 Å². The third-order valence-electron chi connectivity index (χ3n) is 3.12. The molecule has 1 N–H and O–H groups in total. The van der Waals surface area contributed by atoms with Gasteiger partial charge >= 0.3 is 5.97 Å². The normalized spacial score (nSPS) is 27.6. The van der Waals surface area contributed by atoms with Crippen LogP contribution in [0, 0.1) is 5.41 Å². The Hall–Kier alpha value is -0.860. The largest absolute Gasteiger partial charge is 0.481 e. The Morgan fingerprint density at radius 3 is 2.71 bits per heavy atom. The number of hydrogen-bond donors (Lipinski definition) is 1. The van der Waals surface area contributed by atoms with E-state index < -0.39 is 11.4 Å². The molecule has 0 amide bonds. The Labute approximate surface area is 84.5 Å². The van der Waals surface area contributed by atoms with Crippen LogP contribution in [0.2, 0.25) is 0 Å². The minimum atomic E-state index is -0.839. The van der Waals surface area contributed by atoms with Crippen molar-refractivity contribution in [3.05, 3.63) is 0 Å². The summed E-state index contributed by atoms with van der Waals surface area (Å²) in [5.74, 6) is -0.665. The van der Waals surface area contributed by atoms with Crippen LogP contribution in [0.15, 0.2) is 0 Å². The number of carbonyl (C=O) groups is 2. The summed E-state index contributed by atoms with van der Waals surface area (Å²) in [6.45, 7) is 2.01. The number of rotatable bonds is 4. The molecule has 0 spiro atoms. The third kappa shape index (κ3) is 2.34. The second-order valence-corrected chi connectivity index (χ2v) is 4.23. The first-order valence-corrected chi connectivity index (χ1v) is 5.36. The molecule has 0 radical (unpaired) electrons. The molecule has 1 fully saturated rings. The van der Waals surface area contributed by atoms with Crippen molar-refractivity contribution >= 4 is 11.8 Å². The van der Waals surface area contributed by atoms with Gasteiger partial charge < -0.3 is 5.11 Å². The van der Waals surface area contributed by atoms with Crippen molar-refractivity contribution in [1.82, 2.24) is 0 Å². The van der Waals surface area contributed by atoms with Gasteiger partial charge in [-0.3, -0.25) is 9.59 Å². The maximum Gasteiger partial charge on any atom is 0.304 e. The highest BCUT2D eigenvalue weighted by molar-refractivity contribution is 5.89. The summed E-state index contributed by atoms with van der Waals surface area (Å²) in [4.78, 5) is 22.5. The van der Waals surface area contributed by atoms with Gasteiger partial charge in [-0.15, -0.1) is 0 Å². The lowest BCUT2D eigenvalue weighted by molar-refractivity contribution is -0.146. The Bertz CT molecular complexity index is 231. The van der Waals surface area contributed by atoms with Gasteiger partial charge in [0.25, 0.3) is 0 Å². The molecule has 0 aromatic heterocycles. The number of hydrogen-bond acceptors (Lipinski definition) is 2. The van der Waals surface area contributed by atoms with Crippen molar-refractivity contribution in [2.75, 3.05) is 0 Å². The molecule has 0 aliphatic heterocycles. The maximum absolute atomic E-state index is 11.8. The molecule has 14 heavy (non-hydrogen) atoms. The fourth-order valence-electron chi connectivity index (χ4n) is 2.46. The van der Waals surface area contributed by atoms with Gasteiger partial charge in [0, 0.05) is 11.8 Å².